The molecule has 1 atom stereocenters. The molecule has 30 heavy (non-hydrogen) atoms. The lowest BCUT2D eigenvalue weighted by atomic mass is 10.0. The number of aliphatic imine (C=N–C) groups is 1. The molecule has 3 rings (SSSR count). The van der Waals surface area contributed by atoms with Crippen LogP contribution in [0.15, 0.2) is 41.4 Å². The summed E-state index contributed by atoms with van der Waals surface area (Å²) in [6, 6.07) is 9.58. The number of amides is 2. The highest BCUT2D eigenvalue weighted by atomic mass is 16.5. The molecule has 0 radical (unpaired) electrons. The second-order valence-corrected chi connectivity index (χ2v) is 6.35. The molecule has 9 nitrogen and oxygen atoms in total. The van der Waals surface area contributed by atoms with Gasteiger partial charge in [-0.05, 0) is 24.3 Å². The van der Waals surface area contributed by atoms with Gasteiger partial charge >= 0.3 is 0 Å². The van der Waals surface area contributed by atoms with Gasteiger partial charge < -0.3 is 18.9 Å². The molecule has 0 aromatic heterocycles. The fourth-order valence-corrected chi connectivity index (χ4v) is 3.17. The number of rotatable bonds is 6. The first-order valence-electron chi connectivity index (χ1n) is 9.12. The Balaban J connectivity index is 1.87. The molecule has 0 saturated carbocycles. The van der Waals surface area contributed by atoms with Crippen LogP contribution in [0.25, 0.3) is 0 Å². The Labute approximate surface area is 174 Å². The maximum absolute atomic E-state index is 12.7. The molecule has 0 fully saturated rings. The van der Waals surface area contributed by atoms with Gasteiger partial charge in [0, 0.05) is 11.1 Å². The van der Waals surface area contributed by atoms with Crippen LogP contribution in [0.3, 0.4) is 0 Å². The van der Waals surface area contributed by atoms with Gasteiger partial charge in [0.15, 0.2) is 23.0 Å². The zero-order chi connectivity index (χ0) is 21.7. The third kappa shape index (κ3) is 4.29. The molecule has 0 spiro atoms. The van der Waals surface area contributed by atoms with Crippen LogP contribution in [0.2, 0.25) is 0 Å². The Morgan fingerprint density at radius 2 is 1.73 bits per heavy atom. The van der Waals surface area contributed by atoms with Crippen molar-refractivity contribution >= 4 is 17.8 Å². The van der Waals surface area contributed by atoms with Crippen LogP contribution < -0.4 is 29.6 Å². The standard InChI is InChI=1S/C21H23N3O6/c1-27-15-9-8-12(10-17(15)29-3)20(26)24-21-22-14(11-18(25)23-21)13-6-5-7-16(28-2)19(13)30-4/h5-10,14H,11H2,1-4H3,(H2,22,23,24,25,26). The minimum atomic E-state index is -0.537. The number of hydrogen-bond acceptors (Lipinski definition) is 7. The van der Waals surface area contributed by atoms with Gasteiger partial charge in [-0.1, -0.05) is 12.1 Å². The van der Waals surface area contributed by atoms with E-state index in [0.29, 0.717) is 34.1 Å². The lowest BCUT2D eigenvalue weighted by molar-refractivity contribution is -0.120. The summed E-state index contributed by atoms with van der Waals surface area (Å²) < 4.78 is 21.2. The number of methoxy groups -OCH3 is 4. The minimum absolute atomic E-state index is 0.0564. The summed E-state index contributed by atoms with van der Waals surface area (Å²) in [4.78, 5) is 29.4. The Hall–Kier alpha value is -3.75. The van der Waals surface area contributed by atoms with Gasteiger partial charge in [0.2, 0.25) is 11.9 Å². The number of nitrogens with zero attached hydrogens (tertiary/aromatic N) is 1. The summed E-state index contributed by atoms with van der Waals surface area (Å²) in [5, 5.41) is 5.22. The van der Waals surface area contributed by atoms with Gasteiger partial charge in [-0.15, -0.1) is 0 Å². The van der Waals surface area contributed by atoms with Crippen LogP contribution in [0, 0.1) is 0 Å². The van der Waals surface area contributed by atoms with Crippen LogP contribution in [0.4, 0.5) is 0 Å². The van der Waals surface area contributed by atoms with E-state index in [0.717, 1.165) is 0 Å². The van der Waals surface area contributed by atoms with Crippen LogP contribution >= 0.6 is 0 Å². The molecular formula is C21H23N3O6. The van der Waals surface area contributed by atoms with Gasteiger partial charge in [-0.2, -0.15) is 0 Å². The van der Waals surface area contributed by atoms with Gasteiger partial charge in [-0.25, -0.2) is 4.99 Å². The molecule has 0 aliphatic carbocycles. The zero-order valence-corrected chi connectivity index (χ0v) is 17.1. The normalized spacial score (nSPS) is 15.5. The van der Waals surface area contributed by atoms with Crippen molar-refractivity contribution in [2.24, 2.45) is 4.99 Å². The Kier molecular flexibility index (Phi) is 6.41. The average Bonchev–Trinajstić information content (AvgIpc) is 2.77. The van der Waals surface area contributed by atoms with Crippen molar-refractivity contribution in [1.29, 1.82) is 0 Å². The molecular weight excluding hydrogens is 390 g/mol. The van der Waals surface area contributed by atoms with E-state index < -0.39 is 11.9 Å². The van der Waals surface area contributed by atoms with Crippen molar-refractivity contribution in [2.45, 2.75) is 12.5 Å². The lowest BCUT2D eigenvalue weighted by Gasteiger charge is -2.23. The SMILES string of the molecule is COc1ccc(C(=O)NC2=NC(c3cccc(OC)c3OC)CC(=O)N2)cc1OC. The third-order valence-electron chi connectivity index (χ3n) is 4.59. The lowest BCUT2D eigenvalue weighted by Crippen LogP contribution is -2.47. The second-order valence-electron chi connectivity index (χ2n) is 6.35. The number of guanidine groups is 1. The van der Waals surface area contributed by atoms with E-state index in [1.807, 2.05) is 6.07 Å². The second kappa shape index (κ2) is 9.17. The van der Waals surface area contributed by atoms with E-state index in [1.54, 1.807) is 30.3 Å². The van der Waals surface area contributed by atoms with Crippen molar-refractivity contribution < 1.29 is 28.5 Å². The van der Waals surface area contributed by atoms with Crippen molar-refractivity contribution in [3.8, 4) is 23.0 Å². The summed E-state index contributed by atoms with van der Waals surface area (Å²) in [5.74, 6) is 1.28. The maximum atomic E-state index is 12.7. The van der Waals surface area contributed by atoms with Gasteiger partial charge in [0.25, 0.3) is 5.91 Å². The summed E-state index contributed by atoms with van der Waals surface area (Å²) in [5.41, 5.74) is 1.01. The molecule has 2 amide bonds. The fraction of sp³-hybridized carbons (Fsp3) is 0.286. The quantitative estimate of drug-likeness (QED) is 0.751. The van der Waals surface area contributed by atoms with Crippen molar-refractivity contribution in [1.82, 2.24) is 10.6 Å². The predicted octanol–water partition coefficient (Wildman–Crippen LogP) is 2.07. The predicted molar refractivity (Wildman–Crippen MR) is 109 cm³/mol. The molecule has 2 aromatic carbocycles. The number of hydrogen-bond donors (Lipinski definition) is 2. The molecule has 2 N–H and O–H groups in total. The minimum Gasteiger partial charge on any atom is -0.493 e. The highest BCUT2D eigenvalue weighted by molar-refractivity contribution is 6.10. The van der Waals surface area contributed by atoms with Crippen molar-refractivity contribution in [3.05, 3.63) is 47.5 Å². The average molecular weight is 413 g/mol. The molecule has 1 heterocycles. The summed E-state index contributed by atoms with van der Waals surface area (Å²) >= 11 is 0. The number of ether oxygens (including phenoxy) is 4. The highest BCUT2D eigenvalue weighted by Crippen LogP contribution is 2.38. The van der Waals surface area contributed by atoms with E-state index in [4.69, 9.17) is 18.9 Å². The summed E-state index contributed by atoms with van der Waals surface area (Å²) in [6.07, 6.45) is 0.110. The van der Waals surface area contributed by atoms with E-state index >= 15 is 0 Å². The van der Waals surface area contributed by atoms with E-state index in [-0.39, 0.29) is 18.3 Å². The number of carbonyl (C=O) groups excluding carboxylic acids is 2. The first-order valence-corrected chi connectivity index (χ1v) is 9.12. The molecule has 9 heteroatoms. The fourth-order valence-electron chi connectivity index (χ4n) is 3.17. The molecule has 0 saturated heterocycles. The van der Waals surface area contributed by atoms with Crippen molar-refractivity contribution in [3.63, 3.8) is 0 Å². The van der Waals surface area contributed by atoms with Crippen molar-refractivity contribution in [2.75, 3.05) is 28.4 Å². The van der Waals surface area contributed by atoms with Gasteiger partial charge in [0.1, 0.15) is 0 Å². The Morgan fingerprint density at radius 1 is 1.00 bits per heavy atom. The smallest absolute Gasteiger partial charge is 0.258 e. The molecule has 158 valence electrons. The topological polar surface area (TPSA) is 107 Å². The monoisotopic (exact) mass is 413 g/mol. The van der Waals surface area contributed by atoms with E-state index in [2.05, 4.69) is 15.6 Å². The first-order chi connectivity index (χ1) is 14.5. The number of nitrogens with one attached hydrogen (secondary N) is 2. The van der Waals surface area contributed by atoms with Crippen LogP contribution in [0.5, 0.6) is 23.0 Å². The molecule has 1 unspecified atom stereocenters. The van der Waals surface area contributed by atoms with Crippen LogP contribution in [0.1, 0.15) is 28.4 Å². The number of para-hydroxylation sites is 1. The Bertz CT molecular complexity index is 989. The first kappa shape index (κ1) is 21.0. The van der Waals surface area contributed by atoms with Gasteiger partial charge in [0.05, 0.1) is 40.9 Å². The van der Waals surface area contributed by atoms with Crippen LogP contribution in [-0.2, 0) is 4.79 Å². The molecule has 2 aromatic rings. The third-order valence-corrected chi connectivity index (χ3v) is 4.59. The number of carbonyl (C=O) groups is 2. The Morgan fingerprint density at radius 3 is 2.40 bits per heavy atom. The maximum Gasteiger partial charge on any atom is 0.258 e. The van der Waals surface area contributed by atoms with E-state index in [9.17, 15) is 9.59 Å². The summed E-state index contributed by atoms with van der Waals surface area (Å²) in [7, 11) is 6.05. The summed E-state index contributed by atoms with van der Waals surface area (Å²) in [6.45, 7) is 0. The molecule has 0 bridgehead atoms. The zero-order valence-electron chi connectivity index (χ0n) is 17.1. The van der Waals surface area contributed by atoms with Gasteiger partial charge in [-0.3, -0.25) is 20.2 Å². The largest absolute Gasteiger partial charge is 0.493 e. The van der Waals surface area contributed by atoms with E-state index in [1.165, 1.54) is 28.4 Å². The molecule has 1 aliphatic rings. The number of benzene rings is 2. The molecule has 1 aliphatic heterocycles. The van der Waals surface area contributed by atoms with Crippen LogP contribution in [-0.4, -0.2) is 46.2 Å². The highest BCUT2D eigenvalue weighted by Gasteiger charge is 2.27.